The molecular formula is C14H22N4O3S. The molecule has 3 rings (SSSR count). The minimum absolute atomic E-state index is 0.190. The molecule has 0 atom stereocenters. The predicted octanol–water partition coefficient (Wildman–Crippen LogP) is 0.465. The minimum Gasteiger partial charge on any atom is -0.337 e. The summed E-state index contributed by atoms with van der Waals surface area (Å²) in [4.78, 5) is 14.3. The monoisotopic (exact) mass is 326 g/mol. The quantitative estimate of drug-likeness (QED) is 0.871. The van der Waals surface area contributed by atoms with Gasteiger partial charge in [0.2, 0.25) is 15.9 Å². The van der Waals surface area contributed by atoms with Crippen molar-refractivity contribution in [3.63, 3.8) is 0 Å². The predicted molar refractivity (Wildman–Crippen MR) is 81.3 cm³/mol. The number of rotatable bonds is 4. The molecule has 0 spiro atoms. The van der Waals surface area contributed by atoms with Crippen molar-refractivity contribution in [2.24, 2.45) is 5.92 Å². The number of hydrogen-bond acceptors (Lipinski definition) is 4. The van der Waals surface area contributed by atoms with Crippen molar-refractivity contribution in [2.45, 2.75) is 45.3 Å². The lowest BCUT2D eigenvalue weighted by Gasteiger charge is -2.30. The lowest BCUT2D eigenvalue weighted by molar-refractivity contribution is -0.138. The Balaban J connectivity index is 1.69. The van der Waals surface area contributed by atoms with Gasteiger partial charge in [-0.15, -0.1) is 0 Å². The summed E-state index contributed by atoms with van der Waals surface area (Å²) in [7, 11) is -3.23. The summed E-state index contributed by atoms with van der Waals surface area (Å²) in [5.74, 6) is 0.470. The number of sulfonamides is 1. The molecule has 1 saturated carbocycles. The van der Waals surface area contributed by atoms with Crippen molar-refractivity contribution in [1.29, 1.82) is 0 Å². The summed E-state index contributed by atoms with van der Waals surface area (Å²) in [6.45, 7) is 2.30. The lowest BCUT2D eigenvalue weighted by atomic mass is 9.84. The highest BCUT2D eigenvalue weighted by atomic mass is 32.2. The fourth-order valence-corrected chi connectivity index (χ4v) is 3.32. The molecule has 1 N–H and O–H groups in total. The minimum atomic E-state index is -3.23. The number of amides is 1. The third-order valence-corrected chi connectivity index (χ3v) is 5.02. The van der Waals surface area contributed by atoms with Gasteiger partial charge < -0.3 is 4.90 Å². The zero-order valence-corrected chi connectivity index (χ0v) is 13.6. The number of nitrogens with one attached hydrogen (secondary N) is 1. The van der Waals surface area contributed by atoms with Crippen LogP contribution in [0.2, 0.25) is 0 Å². The van der Waals surface area contributed by atoms with E-state index in [2.05, 4.69) is 9.82 Å². The highest BCUT2D eigenvalue weighted by molar-refractivity contribution is 7.88. The van der Waals surface area contributed by atoms with E-state index in [0.717, 1.165) is 50.7 Å². The molecule has 1 aliphatic carbocycles. The number of fused-ring (bicyclic) bond motifs is 1. The highest BCUT2D eigenvalue weighted by Crippen LogP contribution is 2.29. The molecule has 1 aromatic rings. The van der Waals surface area contributed by atoms with Gasteiger partial charge in [0.25, 0.3) is 0 Å². The van der Waals surface area contributed by atoms with Crippen LogP contribution in [0.5, 0.6) is 0 Å². The van der Waals surface area contributed by atoms with Gasteiger partial charge in [0.05, 0.1) is 30.7 Å². The fourth-order valence-electron chi connectivity index (χ4n) is 2.91. The van der Waals surface area contributed by atoms with Gasteiger partial charge in [-0.2, -0.15) is 5.10 Å². The van der Waals surface area contributed by atoms with Crippen LogP contribution in [0.4, 0.5) is 0 Å². The summed E-state index contributed by atoms with van der Waals surface area (Å²) >= 11 is 0. The van der Waals surface area contributed by atoms with Crippen molar-refractivity contribution in [2.75, 3.05) is 12.8 Å². The number of carbonyl (C=O) groups excluding carboxylic acids is 1. The van der Waals surface area contributed by atoms with Crippen LogP contribution in [0.3, 0.4) is 0 Å². The second-order valence-electron chi connectivity index (χ2n) is 6.18. The second-order valence-corrected chi connectivity index (χ2v) is 8.02. The smallest absolute Gasteiger partial charge is 0.226 e. The normalized spacial score (nSPS) is 19.4. The summed E-state index contributed by atoms with van der Waals surface area (Å²) < 4.78 is 26.7. The molecule has 22 heavy (non-hydrogen) atoms. The van der Waals surface area contributed by atoms with Crippen LogP contribution in [0.1, 0.15) is 37.1 Å². The molecule has 0 aromatic carbocycles. The summed E-state index contributed by atoms with van der Waals surface area (Å²) in [6, 6.07) is 1.89. The van der Waals surface area contributed by atoms with E-state index in [1.54, 1.807) is 0 Å². The van der Waals surface area contributed by atoms with Crippen LogP contribution in [-0.2, 0) is 34.5 Å². The van der Waals surface area contributed by atoms with E-state index >= 15 is 0 Å². The topological polar surface area (TPSA) is 84.3 Å². The highest BCUT2D eigenvalue weighted by Gasteiger charge is 2.30. The Labute approximate surface area is 130 Å². The Kier molecular flexibility index (Phi) is 4.22. The number of nitrogens with zero attached hydrogens (tertiary/aromatic N) is 3. The third-order valence-electron chi connectivity index (χ3n) is 4.35. The Morgan fingerprint density at radius 1 is 1.36 bits per heavy atom. The first-order valence-corrected chi connectivity index (χ1v) is 9.60. The first kappa shape index (κ1) is 15.5. The molecule has 0 radical (unpaired) electrons. The Morgan fingerprint density at radius 2 is 2.14 bits per heavy atom. The largest absolute Gasteiger partial charge is 0.337 e. The zero-order chi connectivity index (χ0) is 15.7. The first-order valence-electron chi connectivity index (χ1n) is 7.71. The summed E-state index contributed by atoms with van der Waals surface area (Å²) in [5, 5.41) is 4.44. The van der Waals surface area contributed by atoms with Crippen LogP contribution in [0.15, 0.2) is 6.07 Å². The molecule has 1 amide bonds. The Morgan fingerprint density at radius 3 is 2.77 bits per heavy atom. The fraction of sp³-hybridized carbons (Fsp3) is 0.714. The average Bonchev–Trinajstić information content (AvgIpc) is 2.64. The third kappa shape index (κ3) is 3.49. The van der Waals surface area contributed by atoms with E-state index in [9.17, 15) is 13.2 Å². The second kappa shape index (κ2) is 6.00. The van der Waals surface area contributed by atoms with Gasteiger partial charge >= 0.3 is 0 Å². The van der Waals surface area contributed by atoms with E-state index in [-0.39, 0.29) is 18.4 Å². The van der Waals surface area contributed by atoms with Crippen LogP contribution in [-0.4, -0.2) is 41.8 Å². The van der Waals surface area contributed by atoms with Crippen molar-refractivity contribution in [3.05, 3.63) is 17.5 Å². The maximum atomic E-state index is 12.4. The molecule has 0 bridgehead atoms. The Hall–Kier alpha value is -1.41. The molecule has 0 saturated heterocycles. The number of hydrogen-bond donors (Lipinski definition) is 1. The van der Waals surface area contributed by atoms with E-state index < -0.39 is 10.0 Å². The van der Waals surface area contributed by atoms with Crippen molar-refractivity contribution >= 4 is 15.9 Å². The maximum absolute atomic E-state index is 12.4. The van der Waals surface area contributed by atoms with Crippen LogP contribution in [0, 0.1) is 5.92 Å². The number of aryl methyl sites for hydroxylation is 1. The first-order chi connectivity index (χ1) is 10.4. The molecule has 1 aromatic heterocycles. The lowest BCUT2D eigenvalue weighted by Crippen LogP contribution is -2.38. The Bertz CT molecular complexity index is 664. The van der Waals surface area contributed by atoms with E-state index in [1.807, 2.05) is 15.6 Å². The van der Waals surface area contributed by atoms with Gasteiger partial charge in [0, 0.05) is 19.0 Å². The molecule has 2 aliphatic rings. The molecule has 0 unspecified atom stereocenters. The van der Waals surface area contributed by atoms with Gasteiger partial charge in [0.1, 0.15) is 0 Å². The van der Waals surface area contributed by atoms with E-state index in [0.29, 0.717) is 12.2 Å². The van der Waals surface area contributed by atoms with Crippen molar-refractivity contribution < 1.29 is 13.2 Å². The van der Waals surface area contributed by atoms with Crippen LogP contribution >= 0.6 is 0 Å². The molecule has 8 heteroatoms. The van der Waals surface area contributed by atoms with Gasteiger partial charge in [-0.1, -0.05) is 6.42 Å². The zero-order valence-electron chi connectivity index (χ0n) is 12.8. The SMILES string of the molecule is CS(=O)(=O)NCc1cc2n(n1)CCCN(C(=O)C1CCC1)C2. The molecule has 2 heterocycles. The molecular weight excluding hydrogens is 304 g/mol. The maximum Gasteiger partial charge on any atom is 0.226 e. The van der Waals surface area contributed by atoms with E-state index in [1.165, 1.54) is 0 Å². The van der Waals surface area contributed by atoms with Gasteiger partial charge in [-0.25, -0.2) is 13.1 Å². The van der Waals surface area contributed by atoms with Gasteiger partial charge in [-0.05, 0) is 25.3 Å². The van der Waals surface area contributed by atoms with E-state index in [4.69, 9.17) is 0 Å². The summed E-state index contributed by atoms with van der Waals surface area (Å²) in [6.07, 6.45) is 5.19. The standard InChI is InChI=1S/C14H22N4O3S/c1-22(20,21)15-9-12-8-13-10-17(6-3-7-18(13)16-12)14(19)11-4-2-5-11/h8,11,15H,2-7,9-10H2,1H3. The molecule has 1 fully saturated rings. The average molecular weight is 326 g/mol. The van der Waals surface area contributed by atoms with Crippen molar-refractivity contribution in [1.82, 2.24) is 19.4 Å². The number of aromatic nitrogens is 2. The van der Waals surface area contributed by atoms with Gasteiger partial charge in [-0.3, -0.25) is 9.48 Å². The number of carbonyl (C=O) groups is 1. The molecule has 1 aliphatic heterocycles. The van der Waals surface area contributed by atoms with Crippen LogP contribution in [0.25, 0.3) is 0 Å². The van der Waals surface area contributed by atoms with Crippen LogP contribution < -0.4 is 4.72 Å². The van der Waals surface area contributed by atoms with Gasteiger partial charge in [0.15, 0.2) is 0 Å². The summed E-state index contributed by atoms with van der Waals surface area (Å²) in [5.41, 5.74) is 1.67. The molecule has 7 nitrogen and oxygen atoms in total. The molecule has 122 valence electrons. The van der Waals surface area contributed by atoms with Crippen molar-refractivity contribution in [3.8, 4) is 0 Å².